The second-order valence-corrected chi connectivity index (χ2v) is 4.97. The molecule has 0 aliphatic heterocycles. The summed E-state index contributed by atoms with van der Waals surface area (Å²) < 4.78 is 1.90. The Bertz CT molecular complexity index is 528. The van der Waals surface area contributed by atoms with E-state index in [1.54, 1.807) is 13.8 Å². The highest BCUT2D eigenvalue weighted by atomic mass is 35.5. The first-order valence-electron chi connectivity index (χ1n) is 5.07. The molecule has 86 valence electrons. The van der Waals surface area contributed by atoms with Crippen LogP contribution < -0.4 is 0 Å². The lowest BCUT2D eigenvalue weighted by Gasteiger charge is -2.18. The Morgan fingerprint density at radius 3 is 2.75 bits per heavy atom. The topological polar surface area (TPSA) is 50.9 Å². The molecule has 2 aromatic heterocycles. The normalized spacial score (nSPS) is 12.3. The molecule has 2 heterocycles. The molecule has 0 radical (unpaired) electrons. The molecule has 2 aromatic rings. The van der Waals surface area contributed by atoms with E-state index in [1.165, 1.54) is 6.33 Å². The molecule has 0 spiro atoms. The predicted molar refractivity (Wildman–Crippen MR) is 63.6 cm³/mol. The lowest BCUT2D eigenvalue weighted by atomic mass is 10.1. The van der Waals surface area contributed by atoms with E-state index in [0.717, 1.165) is 16.6 Å². The highest BCUT2D eigenvalue weighted by Crippen LogP contribution is 2.25. The van der Waals surface area contributed by atoms with Gasteiger partial charge in [-0.1, -0.05) is 11.6 Å². The maximum Gasteiger partial charge on any atom is 0.145 e. The summed E-state index contributed by atoms with van der Waals surface area (Å²) in [5, 5.41) is 11.1. The fourth-order valence-corrected chi connectivity index (χ4v) is 2.09. The van der Waals surface area contributed by atoms with Gasteiger partial charge in [0.25, 0.3) is 0 Å². The van der Waals surface area contributed by atoms with Crippen LogP contribution >= 0.6 is 11.6 Å². The van der Waals surface area contributed by atoms with Crippen LogP contribution in [0.4, 0.5) is 0 Å². The van der Waals surface area contributed by atoms with E-state index >= 15 is 0 Å². The average Bonchev–Trinajstić information content (AvgIpc) is 2.42. The number of hydrogen-bond donors (Lipinski definition) is 1. The van der Waals surface area contributed by atoms with Crippen LogP contribution in [-0.2, 0) is 6.54 Å². The average molecular weight is 240 g/mol. The molecular weight excluding hydrogens is 226 g/mol. The van der Waals surface area contributed by atoms with Crippen molar-refractivity contribution in [3.8, 4) is 0 Å². The van der Waals surface area contributed by atoms with Crippen molar-refractivity contribution < 1.29 is 5.11 Å². The first-order chi connectivity index (χ1) is 7.38. The molecule has 0 fully saturated rings. The van der Waals surface area contributed by atoms with E-state index in [0.29, 0.717) is 11.7 Å². The van der Waals surface area contributed by atoms with Gasteiger partial charge in [0.15, 0.2) is 0 Å². The molecule has 2 rings (SSSR count). The minimum Gasteiger partial charge on any atom is -0.389 e. The zero-order chi connectivity index (χ0) is 11.9. The van der Waals surface area contributed by atoms with Crippen molar-refractivity contribution in [2.45, 2.75) is 32.9 Å². The van der Waals surface area contributed by atoms with E-state index in [-0.39, 0.29) is 0 Å². The molecular formula is C11H14ClN3O. The SMILES string of the molecule is Cc1cn(CC(C)(C)O)c2ncnc(Cl)c12. The van der Waals surface area contributed by atoms with Crippen LogP contribution in [0.5, 0.6) is 0 Å². The van der Waals surface area contributed by atoms with Gasteiger partial charge in [-0.2, -0.15) is 0 Å². The number of halogens is 1. The van der Waals surface area contributed by atoms with Crippen LogP contribution in [0.15, 0.2) is 12.5 Å². The fraction of sp³-hybridized carbons (Fsp3) is 0.455. The molecule has 0 saturated heterocycles. The fourth-order valence-electron chi connectivity index (χ4n) is 1.81. The van der Waals surface area contributed by atoms with Gasteiger partial charge < -0.3 is 9.67 Å². The zero-order valence-corrected chi connectivity index (χ0v) is 10.3. The van der Waals surface area contributed by atoms with Gasteiger partial charge in [-0.25, -0.2) is 9.97 Å². The summed E-state index contributed by atoms with van der Waals surface area (Å²) in [5.74, 6) is 0. The Morgan fingerprint density at radius 1 is 1.44 bits per heavy atom. The third-order valence-electron chi connectivity index (χ3n) is 2.35. The molecule has 0 amide bonds. The first-order valence-corrected chi connectivity index (χ1v) is 5.44. The van der Waals surface area contributed by atoms with E-state index in [1.807, 2.05) is 17.7 Å². The summed E-state index contributed by atoms with van der Waals surface area (Å²) in [5.41, 5.74) is 1.000. The van der Waals surface area contributed by atoms with Gasteiger partial charge in [0, 0.05) is 6.20 Å². The monoisotopic (exact) mass is 239 g/mol. The highest BCUT2D eigenvalue weighted by molar-refractivity contribution is 6.34. The first kappa shape index (κ1) is 11.4. The lowest BCUT2D eigenvalue weighted by molar-refractivity contribution is 0.0626. The Kier molecular flexibility index (Phi) is 2.64. The van der Waals surface area contributed by atoms with Gasteiger partial charge in [0.1, 0.15) is 17.1 Å². The molecule has 0 unspecified atom stereocenters. The van der Waals surface area contributed by atoms with E-state index in [4.69, 9.17) is 11.6 Å². The minimum absolute atomic E-state index is 0.456. The maximum absolute atomic E-state index is 9.81. The molecule has 0 aliphatic rings. The summed E-state index contributed by atoms with van der Waals surface area (Å²) in [7, 11) is 0. The molecule has 0 aliphatic carbocycles. The largest absolute Gasteiger partial charge is 0.389 e. The zero-order valence-electron chi connectivity index (χ0n) is 9.53. The van der Waals surface area contributed by atoms with Crippen molar-refractivity contribution in [1.29, 1.82) is 0 Å². The number of fused-ring (bicyclic) bond motifs is 1. The summed E-state index contributed by atoms with van der Waals surface area (Å²) in [6.07, 6.45) is 3.37. The maximum atomic E-state index is 9.81. The van der Waals surface area contributed by atoms with Crippen LogP contribution in [0.3, 0.4) is 0 Å². The Balaban J connectivity index is 2.60. The molecule has 5 heteroatoms. The third kappa shape index (κ3) is 2.03. The number of rotatable bonds is 2. The van der Waals surface area contributed by atoms with Gasteiger partial charge in [-0.3, -0.25) is 0 Å². The van der Waals surface area contributed by atoms with E-state index < -0.39 is 5.60 Å². The van der Waals surface area contributed by atoms with Crippen LogP contribution in [0.2, 0.25) is 5.15 Å². The van der Waals surface area contributed by atoms with E-state index in [9.17, 15) is 5.11 Å². The Morgan fingerprint density at radius 2 is 2.12 bits per heavy atom. The number of hydrogen-bond acceptors (Lipinski definition) is 3. The van der Waals surface area contributed by atoms with Gasteiger partial charge in [0.2, 0.25) is 0 Å². The molecule has 4 nitrogen and oxygen atoms in total. The van der Waals surface area contributed by atoms with Crippen molar-refractivity contribution >= 4 is 22.6 Å². The smallest absolute Gasteiger partial charge is 0.145 e. The highest BCUT2D eigenvalue weighted by Gasteiger charge is 2.17. The number of aliphatic hydroxyl groups is 1. The van der Waals surface area contributed by atoms with Gasteiger partial charge in [-0.05, 0) is 26.3 Å². The summed E-state index contributed by atoms with van der Waals surface area (Å²) in [6, 6.07) is 0. The summed E-state index contributed by atoms with van der Waals surface area (Å²) >= 11 is 6.02. The van der Waals surface area contributed by atoms with Gasteiger partial charge >= 0.3 is 0 Å². The minimum atomic E-state index is -0.782. The molecule has 0 aromatic carbocycles. The van der Waals surface area contributed by atoms with Gasteiger partial charge in [-0.15, -0.1) is 0 Å². The van der Waals surface area contributed by atoms with Crippen molar-refractivity contribution in [3.05, 3.63) is 23.2 Å². The van der Waals surface area contributed by atoms with E-state index in [2.05, 4.69) is 9.97 Å². The second kappa shape index (κ2) is 3.71. The number of aryl methyl sites for hydroxylation is 1. The van der Waals surface area contributed by atoms with Crippen molar-refractivity contribution in [2.75, 3.05) is 0 Å². The Hall–Kier alpha value is -1.13. The van der Waals surface area contributed by atoms with Crippen LogP contribution in [0.25, 0.3) is 11.0 Å². The van der Waals surface area contributed by atoms with Crippen molar-refractivity contribution in [2.24, 2.45) is 0 Å². The molecule has 0 atom stereocenters. The molecule has 16 heavy (non-hydrogen) atoms. The quantitative estimate of drug-likeness (QED) is 0.818. The predicted octanol–water partition coefficient (Wildman–Crippen LogP) is 2.16. The second-order valence-electron chi connectivity index (χ2n) is 4.62. The summed E-state index contributed by atoms with van der Waals surface area (Å²) in [4.78, 5) is 8.16. The number of nitrogens with zero attached hydrogens (tertiary/aromatic N) is 3. The van der Waals surface area contributed by atoms with Crippen LogP contribution in [0.1, 0.15) is 19.4 Å². The lowest BCUT2D eigenvalue weighted by Crippen LogP contribution is -2.25. The standard InChI is InChI=1S/C11H14ClN3O/c1-7-4-15(5-11(2,3)16)10-8(7)9(12)13-6-14-10/h4,6,16H,5H2,1-3H3. The van der Waals surface area contributed by atoms with Crippen molar-refractivity contribution in [1.82, 2.24) is 14.5 Å². The number of aromatic nitrogens is 3. The molecule has 0 saturated carbocycles. The van der Waals surface area contributed by atoms with Crippen LogP contribution in [0, 0.1) is 6.92 Å². The van der Waals surface area contributed by atoms with Gasteiger partial charge in [0.05, 0.1) is 17.5 Å². The molecule has 1 N–H and O–H groups in total. The van der Waals surface area contributed by atoms with Crippen molar-refractivity contribution in [3.63, 3.8) is 0 Å². The Labute approximate surface area is 98.9 Å². The summed E-state index contributed by atoms with van der Waals surface area (Å²) in [6.45, 7) is 5.96. The van der Waals surface area contributed by atoms with Crippen LogP contribution in [-0.4, -0.2) is 25.2 Å². The third-order valence-corrected chi connectivity index (χ3v) is 2.64. The molecule has 0 bridgehead atoms.